The van der Waals surface area contributed by atoms with Crippen molar-refractivity contribution >= 4 is 29.0 Å². The highest BCUT2D eigenvalue weighted by Gasteiger charge is 2.48. The first-order chi connectivity index (χ1) is 13.9. The van der Waals surface area contributed by atoms with Crippen molar-refractivity contribution in [2.75, 3.05) is 35.8 Å². The molecule has 2 aliphatic rings. The molecule has 0 spiro atoms. The number of aromatic nitrogens is 2. The second-order valence-corrected chi connectivity index (χ2v) is 7.36. The minimum Gasteiger partial charge on any atom is -0.495 e. The lowest BCUT2D eigenvalue weighted by molar-refractivity contribution is -0.140. The van der Waals surface area contributed by atoms with E-state index in [2.05, 4.69) is 15.3 Å². The van der Waals surface area contributed by atoms with Crippen molar-refractivity contribution in [3.63, 3.8) is 0 Å². The lowest BCUT2D eigenvalue weighted by atomic mass is 10.2. The second kappa shape index (κ2) is 7.46. The Kier molecular flexibility index (Phi) is 4.97. The molecule has 0 saturated heterocycles. The van der Waals surface area contributed by atoms with Crippen molar-refractivity contribution in [2.45, 2.75) is 37.6 Å². The molecule has 0 atom stereocenters. The van der Waals surface area contributed by atoms with E-state index in [0.717, 1.165) is 30.6 Å². The predicted octanol–water partition coefficient (Wildman–Crippen LogP) is 3.59. The zero-order chi connectivity index (χ0) is 20.6. The van der Waals surface area contributed by atoms with Gasteiger partial charge in [-0.1, -0.05) is 25.0 Å². The van der Waals surface area contributed by atoms with Crippen LogP contribution in [0.5, 0.6) is 5.75 Å². The van der Waals surface area contributed by atoms with Gasteiger partial charge in [0.2, 0.25) is 5.95 Å². The Morgan fingerprint density at radius 2 is 1.97 bits per heavy atom. The van der Waals surface area contributed by atoms with Crippen LogP contribution >= 0.6 is 0 Å². The number of carbonyl (C=O) groups excluding carboxylic acids is 1. The summed E-state index contributed by atoms with van der Waals surface area (Å²) in [5, 5.41) is 3.09. The number of hydrogen-bond donors (Lipinski definition) is 1. The maximum atomic E-state index is 14.6. The number of fused-ring (bicyclic) bond motifs is 1. The van der Waals surface area contributed by atoms with Crippen molar-refractivity contribution in [1.29, 1.82) is 0 Å². The fourth-order valence-electron chi connectivity index (χ4n) is 3.97. The number of amides is 1. The number of para-hydroxylation sites is 2. The van der Waals surface area contributed by atoms with E-state index >= 15 is 0 Å². The van der Waals surface area contributed by atoms with E-state index in [4.69, 9.17) is 4.74 Å². The minimum atomic E-state index is -3.49. The molecule has 1 aliphatic carbocycles. The highest BCUT2D eigenvalue weighted by Crippen LogP contribution is 2.39. The van der Waals surface area contributed by atoms with Gasteiger partial charge in [0.05, 0.1) is 25.5 Å². The molecule has 1 N–H and O–H groups in total. The van der Waals surface area contributed by atoms with E-state index < -0.39 is 18.4 Å². The van der Waals surface area contributed by atoms with Gasteiger partial charge in [-0.25, -0.2) is 4.98 Å². The lowest BCUT2D eigenvalue weighted by Crippen LogP contribution is -2.48. The van der Waals surface area contributed by atoms with Gasteiger partial charge in [-0.2, -0.15) is 13.8 Å². The van der Waals surface area contributed by atoms with Crippen LogP contribution in [0.25, 0.3) is 0 Å². The van der Waals surface area contributed by atoms with Crippen LogP contribution in [0.15, 0.2) is 30.5 Å². The third-order valence-electron chi connectivity index (χ3n) is 5.49. The van der Waals surface area contributed by atoms with Crippen LogP contribution in [0.2, 0.25) is 0 Å². The average Bonchev–Trinajstić information content (AvgIpc) is 3.24. The smallest absolute Gasteiger partial charge is 0.342 e. The standard InChI is InChI=1S/C20H23F2N5O2/c1-26-15-11-23-19(24-14-9-5-6-10-16(14)29-2)25-17(15)27(13-7-3-4-8-13)12-20(21,22)18(26)28/h5-6,9-11,13H,3-4,7-8,12H2,1-2H3,(H,23,24,25). The van der Waals surface area contributed by atoms with Crippen LogP contribution in [-0.2, 0) is 4.79 Å². The number of nitrogens with zero attached hydrogens (tertiary/aromatic N) is 4. The highest BCUT2D eigenvalue weighted by atomic mass is 19.3. The Labute approximate surface area is 167 Å². The van der Waals surface area contributed by atoms with Crippen molar-refractivity contribution in [3.05, 3.63) is 30.5 Å². The molecule has 1 fully saturated rings. The zero-order valence-corrected chi connectivity index (χ0v) is 16.4. The average molecular weight is 403 g/mol. The summed E-state index contributed by atoms with van der Waals surface area (Å²) < 4.78 is 34.5. The van der Waals surface area contributed by atoms with Crippen LogP contribution in [0.4, 0.5) is 31.9 Å². The van der Waals surface area contributed by atoms with Gasteiger partial charge in [-0.15, -0.1) is 0 Å². The first-order valence-electron chi connectivity index (χ1n) is 9.60. The molecule has 0 unspecified atom stereocenters. The van der Waals surface area contributed by atoms with E-state index in [0.29, 0.717) is 17.3 Å². The van der Waals surface area contributed by atoms with E-state index in [1.165, 1.54) is 13.2 Å². The summed E-state index contributed by atoms with van der Waals surface area (Å²) in [4.78, 5) is 23.6. The topological polar surface area (TPSA) is 70.6 Å². The van der Waals surface area contributed by atoms with Crippen LogP contribution in [-0.4, -0.2) is 48.5 Å². The van der Waals surface area contributed by atoms with E-state index in [9.17, 15) is 13.6 Å². The molecular formula is C20H23F2N5O2. The molecule has 9 heteroatoms. The van der Waals surface area contributed by atoms with E-state index in [-0.39, 0.29) is 17.7 Å². The lowest BCUT2D eigenvalue weighted by Gasteiger charge is -2.31. The predicted molar refractivity (Wildman–Crippen MR) is 106 cm³/mol. The number of ether oxygens (including phenoxy) is 1. The number of alkyl halides is 2. The van der Waals surface area contributed by atoms with Crippen molar-refractivity contribution in [1.82, 2.24) is 9.97 Å². The molecule has 0 bridgehead atoms. The van der Waals surface area contributed by atoms with Crippen LogP contribution in [0, 0.1) is 0 Å². The van der Waals surface area contributed by atoms with Gasteiger partial charge < -0.3 is 19.9 Å². The van der Waals surface area contributed by atoms with Gasteiger partial charge in [0.1, 0.15) is 11.4 Å². The summed E-state index contributed by atoms with van der Waals surface area (Å²) in [7, 11) is 2.90. The van der Waals surface area contributed by atoms with Gasteiger partial charge in [-0.3, -0.25) is 4.79 Å². The molecule has 1 saturated carbocycles. The number of halogens is 2. The molecule has 2 heterocycles. The molecule has 1 amide bonds. The molecule has 1 aromatic heterocycles. The van der Waals surface area contributed by atoms with Crippen molar-refractivity contribution in [3.8, 4) is 5.75 Å². The Morgan fingerprint density at radius 3 is 2.69 bits per heavy atom. The summed E-state index contributed by atoms with van der Waals surface area (Å²) in [5.74, 6) is -3.53. The quantitative estimate of drug-likeness (QED) is 0.841. The zero-order valence-electron chi connectivity index (χ0n) is 16.4. The minimum absolute atomic E-state index is 0.0760. The molecule has 1 aromatic carbocycles. The van der Waals surface area contributed by atoms with Crippen LogP contribution in [0.3, 0.4) is 0 Å². The van der Waals surface area contributed by atoms with Crippen LogP contribution in [0.1, 0.15) is 25.7 Å². The molecule has 154 valence electrons. The summed E-state index contributed by atoms with van der Waals surface area (Å²) >= 11 is 0. The molecule has 7 nitrogen and oxygen atoms in total. The fraction of sp³-hybridized carbons (Fsp3) is 0.450. The molecule has 2 aromatic rings. The number of carbonyl (C=O) groups is 1. The molecule has 4 rings (SSSR count). The third kappa shape index (κ3) is 3.56. The number of hydrogen-bond acceptors (Lipinski definition) is 6. The van der Waals surface area contributed by atoms with E-state index in [1.54, 1.807) is 18.1 Å². The number of anilines is 4. The molecule has 1 aliphatic heterocycles. The third-order valence-corrected chi connectivity index (χ3v) is 5.49. The van der Waals surface area contributed by atoms with Gasteiger partial charge in [-0.05, 0) is 25.0 Å². The number of rotatable bonds is 4. The Balaban J connectivity index is 1.76. The summed E-state index contributed by atoms with van der Waals surface area (Å²) in [5.41, 5.74) is 0.940. The summed E-state index contributed by atoms with van der Waals surface area (Å²) in [6.07, 6.45) is 4.97. The Bertz CT molecular complexity index is 917. The summed E-state index contributed by atoms with van der Waals surface area (Å²) in [6.45, 7) is -0.682. The monoisotopic (exact) mass is 403 g/mol. The first-order valence-corrected chi connectivity index (χ1v) is 9.60. The SMILES string of the molecule is COc1ccccc1Nc1ncc2c(n1)N(C1CCCC1)CC(F)(F)C(=O)N2C. The summed E-state index contributed by atoms with van der Waals surface area (Å²) in [6, 6.07) is 7.21. The number of nitrogens with one attached hydrogen (secondary N) is 1. The highest BCUT2D eigenvalue weighted by molar-refractivity contribution is 6.02. The molecule has 29 heavy (non-hydrogen) atoms. The van der Waals surface area contributed by atoms with Crippen molar-refractivity contribution in [2.24, 2.45) is 0 Å². The van der Waals surface area contributed by atoms with E-state index in [1.807, 2.05) is 18.2 Å². The maximum absolute atomic E-state index is 14.6. The molecule has 0 radical (unpaired) electrons. The van der Waals surface area contributed by atoms with Crippen LogP contribution < -0.4 is 19.9 Å². The van der Waals surface area contributed by atoms with Gasteiger partial charge >= 0.3 is 5.92 Å². The normalized spacial score (nSPS) is 19.1. The Hall–Kier alpha value is -2.97. The largest absolute Gasteiger partial charge is 0.495 e. The maximum Gasteiger partial charge on any atom is 0.342 e. The second-order valence-electron chi connectivity index (χ2n) is 7.36. The fourth-order valence-corrected chi connectivity index (χ4v) is 3.97. The number of methoxy groups -OCH3 is 1. The van der Waals surface area contributed by atoms with Crippen molar-refractivity contribution < 1.29 is 18.3 Å². The van der Waals surface area contributed by atoms with Gasteiger partial charge in [0, 0.05) is 13.1 Å². The molecular weight excluding hydrogens is 380 g/mol. The van der Waals surface area contributed by atoms with Gasteiger partial charge in [0.15, 0.2) is 5.82 Å². The first kappa shape index (κ1) is 19.4. The number of benzene rings is 1. The van der Waals surface area contributed by atoms with Gasteiger partial charge in [0.25, 0.3) is 5.91 Å². The Morgan fingerprint density at radius 1 is 1.24 bits per heavy atom.